The van der Waals surface area contributed by atoms with Crippen LogP contribution in [0.25, 0.3) is 0 Å². The Balaban J connectivity index is 2.66. The Morgan fingerprint density at radius 3 is 2.47 bits per heavy atom. The molecular weight excluding hydrogens is 282 g/mol. The fourth-order valence-corrected chi connectivity index (χ4v) is 5.16. The molecule has 19 heavy (non-hydrogen) atoms. The van der Waals surface area contributed by atoms with E-state index in [2.05, 4.69) is 19.2 Å². The molecule has 0 amide bonds. The molecule has 0 radical (unpaired) electrons. The van der Waals surface area contributed by atoms with Crippen molar-refractivity contribution in [3.8, 4) is 0 Å². The van der Waals surface area contributed by atoms with Crippen molar-refractivity contribution in [2.75, 3.05) is 0 Å². The summed E-state index contributed by atoms with van der Waals surface area (Å²) in [5.41, 5.74) is 0.798. The fraction of sp³-hybridized carbons (Fsp3) is 0.571. The van der Waals surface area contributed by atoms with Gasteiger partial charge in [-0.3, -0.25) is 0 Å². The van der Waals surface area contributed by atoms with Gasteiger partial charge in [-0.15, -0.1) is 0 Å². The first-order valence-electron chi connectivity index (χ1n) is 6.55. The Kier molecular flexibility index (Phi) is 3.96. The van der Waals surface area contributed by atoms with E-state index < -0.39 is 15.1 Å². The van der Waals surface area contributed by atoms with Crippen LogP contribution in [0.2, 0.25) is 5.02 Å². The van der Waals surface area contributed by atoms with Gasteiger partial charge in [0.25, 0.3) is 0 Å². The minimum Gasteiger partial charge on any atom is -0.307 e. The first kappa shape index (κ1) is 14.8. The SMILES string of the molecule is CC(C)NC1c2cccc(Cl)c2S(=O)(=O)C(C)C1C. The number of hydrogen-bond acceptors (Lipinski definition) is 3. The first-order valence-corrected chi connectivity index (χ1v) is 8.47. The highest BCUT2D eigenvalue weighted by molar-refractivity contribution is 7.92. The third-order valence-corrected chi connectivity index (χ3v) is 6.75. The first-order chi connectivity index (χ1) is 8.76. The van der Waals surface area contributed by atoms with Crippen molar-refractivity contribution >= 4 is 21.4 Å². The van der Waals surface area contributed by atoms with E-state index in [-0.39, 0.29) is 18.0 Å². The van der Waals surface area contributed by atoms with E-state index in [0.29, 0.717) is 9.92 Å². The van der Waals surface area contributed by atoms with Crippen LogP contribution in [0.3, 0.4) is 0 Å². The van der Waals surface area contributed by atoms with Crippen LogP contribution in [0.4, 0.5) is 0 Å². The van der Waals surface area contributed by atoms with Crippen molar-refractivity contribution in [3.05, 3.63) is 28.8 Å². The van der Waals surface area contributed by atoms with Crippen molar-refractivity contribution in [2.45, 2.75) is 49.9 Å². The van der Waals surface area contributed by atoms with Crippen molar-refractivity contribution in [1.29, 1.82) is 0 Å². The third-order valence-electron chi connectivity index (χ3n) is 3.89. The summed E-state index contributed by atoms with van der Waals surface area (Å²) in [6.45, 7) is 7.86. The van der Waals surface area contributed by atoms with Crippen LogP contribution < -0.4 is 5.32 Å². The lowest BCUT2D eigenvalue weighted by atomic mass is 9.91. The minimum atomic E-state index is -3.34. The number of halogens is 1. The van der Waals surface area contributed by atoms with Crippen molar-refractivity contribution in [3.63, 3.8) is 0 Å². The van der Waals surface area contributed by atoms with Crippen molar-refractivity contribution in [1.82, 2.24) is 5.32 Å². The molecule has 0 bridgehead atoms. The summed E-state index contributed by atoms with van der Waals surface area (Å²) in [4.78, 5) is 0.306. The van der Waals surface area contributed by atoms with Crippen LogP contribution in [-0.4, -0.2) is 19.7 Å². The van der Waals surface area contributed by atoms with Gasteiger partial charge in [-0.05, 0) is 24.5 Å². The lowest BCUT2D eigenvalue weighted by Crippen LogP contribution is -2.43. The molecule has 1 aliphatic rings. The molecule has 1 aromatic carbocycles. The predicted octanol–water partition coefficient (Wildman–Crippen LogP) is 3.19. The summed E-state index contributed by atoms with van der Waals surface area (Å²) in [6.07, 6.45) is 0. The molecule has 0 saturated heterocycles. The molecular formula is C14H20ClNO2S. The fourth-order valence-electron chi connectivity index (χ4n) is 2.69. The number of hydrogen-bond donors (Lipinski definition) is 1. The molecule has 1 heterocycles. The Bertz CT molecular complexity index is 583. The van der Waals surface area contributed by atoms with Crippen LogP contribution in [0.5, 0.6) is 0 Å². The van der Waals surface area contributed by atoms with Gasteiger partial charge in [0, 0.05) is 12.1 Å². The standard InChI is InChI=1S/C14H20ClNO2S/c1-8(2)16-13-9(3)10(4)19(17,18)14-11(13)6-5-7-12(14)15/h5-10,13,16H,1-4H3. The molecule has 3 unspecified atom stereocenters. The molecule has 1 N–H and O–H groups in total. The van der Waals surface area contributed by atoms with E-state index >= 15 is 0 Å². The average Bonchev–Trinajstić information content (AvgIpc) is 2.31. The maximum Gasteiger partial charge on any atom is 0.183 e. The zero-order valence-electron chi connectivity index (χ0n) is 11.6. The Morgan fingerprint density at radius 2 is 1.89 bits per heavy atom. The van der Waals surface area contributed by atoms with Gasteiger partial charge in [0.1, 0.15) is 0 Å². The second-order valence-electron chi connectivity index (χ2n) is 5.57. The molecule has 0 fully saturated rings. The summed E-state index contributed by atoms with van der Waals surface area (Å²) in [7, 11) is -3.34. The summed E-state index contributed by atoms with van der Waals surface area (Å²) in [6, 6.07) is 5.63. The van der Waals surface area contributed by atoms with E-state index in [4.69, 9.17) is 11.6 Å². The van der Waals surface area contributed by atoms with Gasteiger partial charge in [0.2, 0.25) is 0 Å². The maximum atomic E-state index is 12.6. The van der Waals surface area contributed by atoms with Gasteiger partial charge in [-0.2, -0.15) is 0 Å². The molecule has 3 atom stereocenters. The van der Waals surface area contributed by atoms with Gasteiger partial charge < -0.3 is 5.32 Å². The normalized spacial score (nSPS) is 29.3. The zero-order chi connectivity index (χ0) is 14.4. The van der Waals surface area contributed by atoms with Crippen LogP contribution in [0.1, 0.15) is 39.3 Å². The van der Waals surface area contributed by atoms with E-state index in [9.17, 15) is 8.42 Å². The molecule has 0 aliphatic carbocycles. The van der Waals surface area contributed by atoms with Crippen molar-refractivity contribution in [2.24, 2.45) is 5.92 Å². The molecule has 0 saturated carbocycles. The number of sulfone groups is 1. The van der Waals surface area contributed by atoms with E-state index in [1.807, 2.05) is 19.1 Å². The van der Waals surface area contributed by atoms with Crippen LogP contribution >= 0.6 is 11.6 Å². The summed E-state index contributed by atoms with van der Waals surface area (Å²) in [5.74, 6) is 0.0124. The highest BCUT2D eigenvalue weighted by Crippen LogP contribution is 2.43. The molecule has 0 aromatic heterocycles. The molecule has 3 nitrogen and oxygen atoms in total. The quantitative estimate of drug-likeness (QED) is 0.912. The molecule has 2 rings (SSSR count). The Labute approximate surface area is 120 Å². The summed E-state index contributed by atoms with van der Waals surface area (Å²) in [5, 5.41) is 3.35. The van der Waals surface area contributed by atoms with Crippen molar-refractivity contribution < 1.29 is 8.42 Å². The summed E-state index contributed by atoms with van der Waals surface area (Å²) < 4.78 is 25.1. The minimum absolute atomic E-state index is 0.0124. The monoisotopic (exact) mass is 301 g/mol. The molecule has 1 aliphatic heterocycles. The van der Waals surface area contributed by atoms with Crippen LogP contribution in [-0.2, 0) is 9.84 Å². The van der Waals surface area contributed by atoms with E-state index in [1.165, 1.54) is 0 Å². The smallest absolute Gasteiger partial charge is 0.183 e. The predicted molar refractivity (Wildman–Crippen MR) is 78.3 cm³/mol. The molecule has 1 aromatic rings. The topological polar surface area (TPSA) is 46.2 Å². The van der Waals surface area contributed by atoms with Gasteiger partial charge in [0.05, 0.1) is 15.2 Å². The molecule has 0 spiro atoms. The van der Waals surface area contributed by atoms with E-state index in [1.54, 1.807) is 13.0 Å². The zero-order valence-corrected chi connectivity index (χ0v) is 13.2. The maximum absolute atomic E-state index is 12.6. The number of fused-ring (bicyclic) bond motifs is 1. The Morgan fingerprint density at radius 1 is 1.26 bits per heavy atom. The number of rotatable bonds is 2. The largest absolute Gasteiger partial charge is 0.307 e. The highest BCUT2D eigenvalue weighted by Gasteiger charge is 2.42. The highest BCUT2D eigenvalue weighted by atomic mass is 35.5. The second-order valence-corrected chi connectivity index (χ2v) is 8.22. The second kappa shape index (κ2) is 5.08. The van der Waals surface area contributed by atoms with Crippen LogP contribution in [0, 0.1) is 5.92 Å². The third kappa shape index (κ3) is 2.41. The van der Waals surface area contributed by atoms with Gasteiger partial charge in [-0.25, -0.2) is 8.42 Å². The van der Waals surface area contributed by atoms with Gasteiger partial charge >= 0.3 is 0 Å². The van der Waals surface area contributed by atoms with Gasteiger partial charge in [-0.1, -0.05) is 44.5 Å². The van der Waals surface area contributed by atoms with Crippen LogP contribution in [0.15, 0.2) is 23.1 Å². The number of nitrogens with one attached hydrogen (secondary N) is 1. The lowest BCUT2D eigenvalue weighted by molar-refractivity contribution is 0.337. The summed E-state index contributed by atoms with van der Waals surface area (Å²) >= 11 is 6.13. The van der Waals surface area contributed by atoms with Gasteiger partial charge in [0.15, 0.2) is 9.84 Å². The molecule has 5 heteroatoms. The lowest BCUT2D eigenvalue weighted by Gasteiger charge is -2.37. The van der Waals surface area contributed by atoms with E-state index in [0.717, 1.165) is 5.56 Å². The molecule has 106 valence electrons. The Hall–Kier alpha value is -0.580. The average molecular weight is 302 g/mol. The number of benzene rings is 1.